The second-order valence-electron chi connectivity index (χ2n) is 4.31. The van der Waals surface area contributed by atoms with Crippen molar-refractivity contribution in [2.45, 2.75) is 20.1 Å². The molecule has 0 aliphatic heterocycles. The summed E-state index contributed by atoms with van der Waals surface area (Å²) in [6.45, 7) is -0.803. The summed E-state index contributed by atoms with van der Waals surface area (Å²) in [6.07, 6.45) is 0. The Morgan fingerprint density at radius 3 is 2.60 bits per heavy atom. The Kier molecular flexibility index (Phi) is 4.50. The molecule has 0 fully saturated rings. The van der Waals surface area contributed by atoms with E-state index >= 15 is 0 Å². The van der Waals surface area contributed by atoms with Crippen molar-refractivity contribution in [3.63, 3.8) is 0 Å². The van der Waals surface area contributed by atoms with Gasteiger partial charge in [-0.3, -0.25) is 0 Å². The maximum Gasteiger partial charge on any atom is 0.387 e. The van der Waals surface area contributed by atoms with Gasteiger partial charge < -0.3 is 10.1 Å². The Bertz CT molecular complexity index is 587. The number of nitrogens with one attached hydrogen (secondary N) is 1. The molecule has 0 heterocycles. The van der Waals surface area contributed by atoms with Crippen molar-refractivity contribution in [1.82, 2.24) is 0 Å². The van der Waals surface area contributed by atoms with Gasteiger partial charge in [-0.1, -0.05) is 24.3 Å². The van der Waals surface area contributed by atoms with E-state index in [9.17, 15) is 13.2 Å². The molecule has 0 radical (unpaired) electrons. The molecule has 2 nitrogen and oxygen atoms in total. The van der Waals surface area contributed by atoms with Crippen LogP contribution in [0.5, 0.6) is 5.75 Å². The minimum atomic E-state index is -2.87. The lowest BCUT2D eigenvalue weighted by Gasteiger charge is -2.12. The smallest absolute Gasteiger partial charge is 0.387 e. The Hall–Kier alpha value is -2.17. The van der Waals surface area contributed by atoms with Crippen molar-refractivity contribution in [2.75, 3.05) is 5.32 Å². The van der Waals surface area contributed by atoms with E-state index < -0.39 is 6.61 Å². The molecule has 0 aromatic heterocycles. The topological polar surface area (TPSA) is 21.3 Å². The van der Waals surface area contributed by atoms with Crippen LogP contribution in [0.4, 0.5) is 18.9 Å². The normalized spacial score (nSPS) is 10.7. The first-order valence-corrected chi connectivity index (χ1v) is 6.09. The Morgan fingerprint density at radius 1 is 1.15 bits per heavy atom. The van der Waals surface area contributed by atoms with Crippen LogP contribution in [0.3, 0.4) is 0 Å². The Balaban J connectivity index is 2.08. The van der Waals surface area contributed by atoms with Gasteiger partial charge in [-0.05, 0) is 36.2 Å². The number of rotatable bonds is 5. The van der Waals surface area contributed by atoms with Crippen LogP contribution in [-0.2, 0) is 6.54 Å². The zero-order valence-electron chi connectivity index (χ0n) is 10.9. The lowest BCUT2D eigenvalue weighted by Crippen LogP contribution is -2.06. The molecule has 0 spiro atoms. The van der Waals surface area contributed by atoms with Gasteiger partial charge in [-0.2, -0.15) is 8.78 Å². The van der Waals surface area contributed by atoms with E-state index in [1.54, 1.807) is 37.3 Å². The molecular weight excluding hydrogens is 267 g/mol. The predicted molar refractivity (Wildman–Crippen MR) is 71.5 cm³/mol. The molecule has 2 aromatic rings. The van der Waals surface area contributed by atoms with Gasteiger partial charge in [-0.15, -0.1) is 0 Å². The predicted octanol–water partition coefficient (Wildman–Crippen LogP) is 4.35. The first-order chi connectivity index (χ1) is 9.56. The van der Waals surface area contributed by atoms with Gasteiger partial charge in [0.2, 0.25) is 0 Å². The number of alkyl halides is 2. The third-order valence-corrected chi connectivity index (χ3v) is 2.81. The van der Waals surface area contributed by atoms with Gasteiger partial charge in [0.15, 0.2) is 0 Å². The highest BCUT2D eigenvalue weighted by molar-refractivity contribution is 5.56. The third kappa shape index (κ3) is 3.66. The van der Waals surface area contributed by atoms with Gasteiger partial charge in [0, 0.05) is 6.54 Å². The maximum atomic E-state index is 13.1. The number of benzene rings is 2. The number of ether oxygens (including phenoxy) is 1. The van der Waals surface area contributed by atoms with E-state index in [-0.39, 0.29) is 11.6 Å². The Morgan fingerprint density at radius 2 is 1.90 bits per heavy atom. The van der Waals surface area contributed by atoms with Crippen molar-refractivity contribution in [1.29, 1.82) is 0 Å². The molecule has 0 bridgehead atoms. The fourth-order valence-corrected chi connectivity index (χ4v) is 1.83. The zero-order valence-corrected chi connectivity index (χ0v) is 10.9. The number of hydrogen-bond donors (Lipinski definition) is 1. The van der Waals surface area contributed by atoms with E-state index in [0.717, 1.165) is 5.56 Å². The summed E-state index contributed by atoms with van der Waals surface area (Å²) < 4.78 is 42.1. The van der Waals surface area contributed by atoms with Gasteiger partial charge in [0.1, 0.15) is 11.6 Å². The van der Waals surface area contributed by atoms with Crippen molar-refractivity contribution in [3.8, 4) is 5.75 Å². The van der Waals surface area contributed by atoms with Crippen molar-refractivity contribution in [2.24, 2.45) is 0 Å². The summed E-state index contributed by atoms with van der Waals surface area (Å²) in [5, 5.41) is 3.00. The highest BCUT2D eigenvalue weighted by Crippen LogP contribution is 2.26. The maximum absolute atomic E-state index is 13.1. The first kappa shape index (κ1) is 14.2. The molecule has 0 aliphatic rings. The largest absolute Gasteiger partial charge is 0.433 e. The van der Waals surface area contributed by atoms with Gasteiger partial charge in [0.05, 0.1) is 5.69 Å². The van der Waals surface area contributed by atoms with Crippen LogP contribution in [0, 0.1) is 12.7 Å². The van der Waals surface area contributed by atoms with E-state index in [1.807, 2.05) is 0 Å². The van der Waals surface area contributed by atoms with Crippen molar-refractivity contribution < 1.29 is 17.9 Å². The summed E-state index contributed by atoms with van der Waals surface area (Å²) in [6, 6.07) is 11.2. The molecule has 20 heavy (non-hydrogen) atoms. The van der Waals surface area contributed by atoms with E-state index in [2.05, 4.69) is 10.1 Å². The fraction of sp³-hybridized carbons (Fsp3) is 0.200. The SMILES string of the molecule is Cc1cc(CNc2ccccc2OC(F)F)ccc1F. The van der Waals surface area contributed by atoms with Gasteiger partial charge in [-0.25, -0.2) is 4.39 Å². The lowest BCUT2D eigenvalue weighted by molar-refractivity contribution is -0.0493. The minimum absolute atomic E-state index is 0.0846. The molecule has 2 aromatic carbocycles. The molecule has 0 atom stereocenters. The van der Waals surface area contributed by atoms with Crippen LogP contribution in [0.2, 0.25) is 0 Å². The number of para-hydroxylation sites is 2. The molecule has 0 saturated heterocycles. The quantitative estimate of drug-likeness (QED) is 0.879. The monoisotopic (exact) mass is 281 g/mol. The summed E-state index contributed by atoms with van der Waals surface area (Å²) >= 11 is 0. The van der Waals surface area contributed by atoms with Crippen molar-refractivity contribution >= 4 is 5.69 Å². The molecule has 0 amide bonds. The van der Waals surface area contributed by atoms with Gasteiger partial charge >= 0.3 is 6.61 Å². The highest BCUT2D eigenvalue weighted by Gasteiger charge is 2.08. The van der Waals surface area contributed by atoms with Crippen LogP contribution in [0.15, 0.2) is 42.5 Å². The van der Waals surface area contributed by atoms with E-state index in [1.165, 1.54) is 12.1 Å². The summed E-state index contributed by atoms with van der Waals surface area (Å²) in [7, 11) is 0. The fourth-order valence-electron chi connectivity index (χ4n) is 1.83. The summed E-state index contributed by atoms with van der Waals surface area (Å²) in [5.74, 6) is -0.184. The van der Waals surface area contributed by atoms with Crippen LogP contribution in [-0.4, -0.2) is 6.61 Å². The average Bonchev–Trinajstić information content (AvgIpc) is 2.41. The Labute approximate surface area is 115 Å². The molecule has 0 unspecified atom stereocenters. The molecule has 5 heteroatoms. The third-order valence-electron chi connectivity index (χ3n) is 2.81. The molecule has 0 aliphatic carbocycles. The number of anilines is 1. The summed E-state index contributed by atoms with van der Waals surface area (Å²) in [4.78, 5) is 0. The van der Waals surface area contributed by atoms with E-state index in [0.29, 0.717) is 17.8 Å². The molecule has 1 N–H and O–H groups in total. The number of hydrogen-bond acceptors (Lipinski definition) is 2. The van der Waals surface area contributed by atoms with E-state index in [4.69, 9.17) is 0 Å². The highest BCUT2D eigenvalue weighted by atomic mass is 19.3. The summed E-state index contributed by atoms with van der Waals surface area (Å²) in [5.41, 5.74) is 1.87. The second-order valence-corrected chi connectivity index (χ2v) is 4.31. The first-order valence-electron chi connectivity index (χ1n) is 6.09. The molecule has 0 saturated carbocycles. The van der Waals surface area contributed by atoms with Crippen LogP contribution < -0.4 is 10.1 Å². The molecule has 2 rings (SSSR count). The number of aryl methyl sites for hydroxylation is 1. The van der Waals surface area contributed by atoms with Crippen LogP contribution in [0.25, 0.3) is 0 Å². The van der Waals surface area contributed by atoms with Crippen LogP contribution in [0.1, 0.15) is 11.1 Å². The van der Waals surface area contributed by atoms with Crippen LogP contribution >= 0.6 is 0 Å². The van der Waals surface area contributed by atoms with Crippen molar-refractivity contribution in [3.05, 3.63) is 59.4 Å². The van der Waals surface area contributed by atoms with Gasteiger partial charge in [0.25, 0.3) is 0 Å². The lowest BCUT2D eigenvalue weighted by atomic mass is 10.1. The standard InChI is InChI=1S/C15H14F3NO/c1-10-8-11(6-7-12(10)16)9-19-13-4-2-3-5-14(13)20-15(17)18/h2-8,15,19H,9H2,1H3. The minimum Gasteiger partial charge on any atom is -0.433 e. The molecule has 106 valence electrons. The number of halogens is 3. The average molecular weight is 281 g/mol. The second kappa shape index (κ2) is 6.32. The molecular formula is C15H14F3NO. The zero-order chi connectivity index (χ0) is 14.5.